The largest absolute Gasteiger partial charge is 0.496 e. The highest BCUT2D eigenvalue weighted by atomic mass is 79.9. The van der Waals surface area contributed by atoms with Crippen molar-refractivity contribution in [3.05, 3.63) is 29.3 Å². The van der Waals surface area contributed by atoms with Crippen LogP contribution in [0, 0.1) is 6.92 Å². The molecule has 1 amide bonds. The van der Waals surface area contributed by atoms with Gasteiger partial charge in [0.2, 0.25) is 0 Å². The molecule has 0 fully saturated rings. The van der Waals surface area contributed by atoms with Crippen LogP contribution in [0.25, 0.3) is 0 Å². The first-order chi connectivity index (χ1) is 8.45. The Hall–Kier alpha value is -1.03. The minimum atomic E-state index is -0.227. The van der Waals surface area contributed by atoms with E-state index in [1.54, 1.807) is 13.2 Å². The Balaban J connectivity index is 2.91. The van der Waals surface area contributed by atoms with Gasteiger partial charge in [-0.05, 0) is 38.0 Å². The zero-order chi connectivity index (χ0) is 13.8. The smallest absolute Gasteiger partial charge is 0.251 e. The predicted molar refractivity (Wildman–Crippen MR) is 77.7 cm³/mol. The lowest BCUT2D eigenvalue weighted by Crippen LogP contribution is -2.46. The third kappa shape index (κ3) is 3.48. The maximum Gasteiger partial charge on any atom is 0.251 e. The van der Waals surface area contributed by atoms with Crippen LogP contribution in [0.1, 0.15) is 36.2 Å². The lowest BCUT2D eigenvalue weighted by atomic mass is 10.0. The summed E-state index contributed by atoms with van der Waals surface area (Å²) in [6, 6.07) is 5.48. The van der Waals surface area contributed by atoms with Crippen molar-refractivity contribution in [3.8, 4) is 5.75 Å². The van der Waals surface area contributed by atoms with Crippen LogP contribution < -0.4 is 10.1 Å². The molecule has 0 saturated heterocycles. The second-order valence-corrected chi connectivity index (χ2v) is 5.25. The van der Waals surface area contributed by atoms with Crippen molar-refractivity contribution >= 4 is 21.8 Å². The van der Waals surface area contributed by atoms with E-state index in [-0.39, 0.29) is 11.4 Å². The topological polar surface area (TPSA) is 38.3 Å². The van der Waals surface area contributed by atoms with Gasteiger partial charge in [-0.15, -0.1) is 0 Å². The molecule has 0 heterocycles. The molecule has 0 aliphatic carbocycles. The fourth-order valence-electron chi connectivity index (χ4n) is 1.52. The van der Waals surface area contributed by atoms with E-state index >= 15 is 0 Å². The van der Waals surface area contributed by atoms with E-state index in [1.807, 2.05) is 26.0 Å². The zero-order valence-electron chi connectivity index (χ0n) is 11.3. The molecule has 18 heavy (non-hydrogen) atoms. The van der Waals surface area contributed by atoms with E-state index < -0.39 is 0 Å². The molecule has 0 aromatic heterocycles. The molecule has 4 heteroatoms. The van der Waals surface area contributed by atoms with Gasteiger partial charge >= 0.3 is 0 Å². The summed E-state index contributed by atoms with van der Waals surface area (Å²) >= 11 is 3.43. The normalized spacial score (nSPS) is 13.8. The molecule has 0 spiro atoms. The van der Waals surface area contributed by atoms with Crippen molar-refractivity contribution < 1.29 is 9.53 Å². The SMILES string of the molecule is CCC(C)(CBr)NC(=O)c1ccc(C)c(OC)c1. The quantitative estimate of drug-likeness (QED) is 0.847. The summed E-state index contributed by atoms with van der Waals surface area (Å²) in [5.41, 5.74) is 1.42. The van der Waals surface area contributed by atoms with Crippen molar-refractivity contribution in [1.29, 1.82) is 0 Å². The van der Waals surface area contributed by atoms with Gasteiger partial charge in [-0.3, -0.25) is 4.79 Å². The average Bonchev–Trinajstić information content (AvgIpc) is 2.39. The van der Waals surface area contributed by atoms with Crippen LogP contribution in [0.15, 0.2) is 18.2 Å². The zero-order valence-corrected chi connectivity index (χ0v) is 12.9. The van der Waals surface area contributed by atoms with Gasteiger partial charge in [0.25, 0.3) is 5.91 Å². The number of hydrogen-bond donors (Lipinski definition) is 1. The highest BCUT2D eigenvalue weighted by Crippen LogP contribution is 2.20. The van der Waals surface area contributed by atoms with E-state index in [2.05, 4.69) is 28.2 Å². The molecule has 1 N–H and O–H groups in total. The van der Waals surface area contributed by atoms with Crippen LogP contribution in [-0.2, 0) is 0 Å². The van der Waals surface area contributed by atoms with Gasteiger partial charge in [0.1, 0.15) is 5.75 Å². The van der Waals surface area contributed by atoms with Crippen molar-refractivity contribution in [1.82, 2.24) is 5.32 Å². The van der Waals surface area contributed by atoms with Gasteiger partial charge in [-0.1, -0.05) is 28.9 Å². The number of carbonyl (C=O) groups excluding carboxylic acids is 1. The average molecular weight is 314 g/mol. The Labute approximate surface area is 117 Å². The molecular formula is C14H20BrNO2. The molecule has 1 aromatic carbocycles. The van der Waals surface area contributed by atoms with Gasteiger partial charge in [0.05, 0.1) is 7.11 Å². The Morgan fingerprint density at radius 3 is 2.67 bits per heavy atom. The Morgan fingerprint density at radius 2 is 2.17 bits per heavy atom. The highest BCUT2D eigenvalue weighted by molar-refractivity contribution is 9.09. The van der Waals surface area contributed by atoms with Gasteiger partial charge in [0.15, 0.2) is 0 Å². The summed E-state index contributed by atoms with van der Waals surface area (Å²) in [6.07, 6.45) is 0.868. The molecular weight excluding hydrogens is 294 g/mol. The predicted octanol–water partition coefficient (Wildman–Crippen LogP) is 3.30. The number of methoxy groups -OCH3 is 1. The molecule has 0 aliphatic heterocycles. The highest BCUT2D eigenvalue weighted by Gasteiger charge is 2.23. The van der Waals surface area contributed by atoms with Gasteiger partial charge < -0.3 is 10.1 Å². The molecule has 0 aliphatic rings. The van der Waals surface area contributed by atoms with E-state index in [0.29, 0.717) is 5.56 Å². The Kier molecular flexibility index (Phi) is 5.20. The number of hydrogen-bond acceptors (Lipinski definition) is 2. The third-order valence-corrected chi connectivity index (χ3v) is 4.40. The van der Waals surface area contributed by atoms with Crippen molar-refractivity contribution in [3.63, 3.8) is 0 Å². The number of carbonyl (C=O) groups is 1. The molecule has 1 unspecified atom stereocenters. The van der Waals surface area contributed by atoms with Crippen LogP contribution in [0.2, 0.25) is 0 Å². The fourth-order valence-corrected chi connectivity index (χ4v) is 2.06. The first-order valence-electron chi connectivity index (χ1n) is 5.99. The molecule has 0 saturated carbocycles. The maximum atomic E-state index is 12.2. The fraction of sp³-hybridized carbons (Fsp3) is 0.500. The third-order valence-electron chi connectivity index (χ3n) is 3.16. The van der Waals surface area contributed by atoms with Crippen LogP contribution in [0.5, 0.6) is 5.75 Å². The van der Waals surface area contributed by atoms with Crippen LogP contribution in [0.4, 0.5) is 0 Å². The number of aryl methyl sites for hydroxylation is 1. The number of ether oxygens (including phenoxy) is 1. The number of rotatable bonds is 5. The summed E-state index contributed by atoms with van der Waals surface area (Å²) < 4.78 is 5.23. The van der Waals surface area contributed by atoms with Crippen LogP contribution >= 0.6 is 15.9 Å². The van der Waals surface area contributed by atoms with Crippen molar-refractivity contribution in [2.45, 2.75) is 32.7 Å². The molecule has 0 radical (unpaired) electrons. The minimum Gasteiger partial charge on any atom is -0.496 e. The summed E-state index contributed by atoms with van der Waals surface area (Å²) in [7, 11) is 1.61. The molecule has 1 atom stereocenters. The summed E-state index contributed by atoms with van der Waals surface area (Å²) in [4.78, 5) is 12.2. The maximum absolute atomic E-state index is 12.2. The number of amides is 1. The molecule has 1 aromatic rings. The first-order valence-corrected chi connectivity index (χ1v) is 7.11. The number of halogens is 1. The minimum absolute atomic E-state index is 0.0721. The van der Waals surface area contributed by atoms with E-state index in [9.17, 15) is 4.79 Å². The molecule has 1 rings (SSSR count). The lowest BCUT2D eigenvalue weighted by molar-refractivity contribution is 0.0913. The number of benzene rings is 1. The van der Waals surface area contributed by atoms with Crippen LogP contribution in [-0.4, -0.2) is 23.9 Å². The molecule has 3 nitrogen and oxygen atoms in total. The first kappa shape index (κ1) is 15.0. The summed E-state index contributed by atoms with van der Waals surface area (Å²) in [5.74, 6) is 0.664. The summed E-state index contributed by atoms with van der Waals surface area (Å²) in [5, 5.41) is 3.77. The van der Waals surface area contributed by atoms with Crippen LogP contribution in [0.3, 0.4) is 0 Å². The van der Waals surface area contributed by atoms with Gasteiger partial charge in [-0.2, -0.15) is 0 Å². The van der Waals surface area contributed by atoms with Crippen molar-refractivity contribution in [2.24, 2.45) is 0 Å². The van der Waals surface area contributed by atoms with E-state index in [0.717, 1.165) is 23.1 Å². The van der Waals surface area contributed by atoms with E-state index in [1.165, 1.54) is 0 Å². The second kappa shape index (κ2) is 6.23. The second-order valence-electron chi connectivity index (χ2n) is 4.69. The number of alkyl halides is 1. The Bertz CT molecular complexity index is 428. The monoisotopic (exact) mass is 313 g/mol. The van der Waals surface area contributed by atoms with Gasteiger partial charge in [0, 0.05) is 16.4 Å². The lowest BCUT2D eigenvalue weighted by Gasteiger charge is -2.27. The summed E-state index contributed by atoms with van der Waals surface area (Å²) in [6.45, 7) is 6.03. The van der Waals surface area contributed by atoms with Gasteiger partial charge in [-0.25, -0.2) is 0 Å². The molecule has 0 bridgehead atoms. The Morgan fingerprint density at radius 1 is 1.50 bits per heavy atom. The van der Waals surface area contributed by atoms with E-state index in [4.69, 9.17) is 4.74 Å². The molecule has 100 valence electrons. The number of nitrogens with one attached hydrogen (secondary N) is 1. The van der Waals surface area contributed by atoms with Crippen molar-refractivity contribution in [2.75, 3.05) is 12.4 Å². The standard InChI is InChI=1S/C14H20BrNO2/c1-5-14(3,9-15)16-13(17)11-7-6-10(2)12(8-11)18-4/h6-8H,5,9H2,1-4H3,(H,16,17).